The van der Waals surface area contributed by atoms with Crippen molar-refractivity contribution in [3.63, 3.8) is 0 Å². The Balaban J connectivity index is 2.18. The average Bonchev–Trinajstić information content (AvgIpc) is 2.99. The number of anilines is 1. The summed E-state index contributed by atoms with van der Waals surface area (Å²) in [5.74, 6) is 5.92. The number of nitrogens with one attached hydrogen (secondary N) is 1. The first-order valence-corrected chi connectivity index (χ1v) is 11.5. The predicted molar refractivity (Wildman–Crippen MR) is 134 cm³/mol. The van der Waals surface area contributed by atoms with Gasteiger partial charge in [0.1, 0.15) is 5.15 Å². The highest BCUT2D eigenvalue weighted by atomic mass is 79.9. The van der Waals surface area contributed by atoms with Crippen LogP contribution in [0.1, 0.15) is 5.82 Å². The third-order valence-electron chi connectivity index (χ3n) is 4.43. The third kappa shape index (κ3) is 4.33. The number of halogens is 7. The Morgan fingerprint density at radius 3 is 2.23 bits per heavy atom. The van der Waals surface area contributed by atoms with Crippen molar-refractivity contribution in [1.29, 1.82) is 0 Å². The van der Waals surface area contributed by atoms with Crippen LogP contribution in [-0.2, 0) is 3.79 Å². The number of nitrogens with two attached hydrogens (primary N) is 1. The van der Waals surface area contributed by atoms with Gasteiger partial charge in [0, 0.05) is 15.1 Å². The molecule has 2 heterocycles. The number of hydrogen-bond acceptors (Lipinski definition) is 4. The minimum absolute atomic E-state index is 0.0826. The summed E-state index contributed by atoms with van der Waals surface area (Å²) in [6.07, 6.45) is 0. The second-order valence-corrected chi connectivity index (χ2v) is 10.7. The largest absolute Gasteiger partial charge is 0.308 e. The van der Waals surface area contributed by atoms with E-state index in [4.69, 9.17) is 75.4 Å². The number of aromatic nitrogens is 3. The van der Waals surface area contributed by atoms with Crippen LogP contribution in [0, 0.1) is 0 Å². The molecule has 0 aliphatic heterocycles. The number of hydrogen-bond donors (Lipinski definition) is 2. The van der Waals surface area contributed by atoms with Crippen LogP contribution in [0.3, 0.4) is 0 Å². The standard InChI is InChI=1S/C19H10BrCl6N5/c20-9-3-1-8(2-4-9)13-14-16(30-27)28-18(19(24,25)26)29-17(14)31(15(13)23)12-6-5-10(21)7-11(12)22/h1-7H,27H2,(H,28,29,30). The van der Waals surface area contributed by atoms with Gasteiger partial charge in [-0.25, -0.2) is 15.8 Å². The number of hydrazine groups is 1. The van der Waals surface area contributed by atoms with Gasteiger partial charge in [0.2, 0.25) is 3.79 Å². The topological polar surface area (TPSA) is 68.8 Å². The molecule has 160 valence electrons. The van der Waals surface area contributed by atoms with Gasteiger partial charge in [-0.15, -0.1) is 0 Å². The summed E-state index contributed by atoms with van der Waals surface area (Å²) in [6.45, 7) is 0. The van der Waals surface area contributed by atoms with Gasteiger partial charge in [0.05, 0.1) is 16.1 Å². The molecule has 31 heavy (non-hydrogen) atoms. The lowest BCUT2D eigenvalue weighted by Crippen LogP contribution is -2.15. The minimum Gasteiger partial charge on any atom is -0.308 e. The van der Waals surface area contributed by atoms with Crippen molar-refractivity contribution in [1.82, 2.24) is 14.5 Å². The van der Waals surface area contributed by atoms with Crippen LogP contribution >= 0.6 is 85.5 Å². The van der Waals surface area contributed by atoms with Crippen LogP contribution in [0.5, 0.6) is 0 Å². The molecule has 0 saturated carbocycles. The summed E-state index contributed by atoms with van der Waals surface area (Å²) < 4.78 is 0.641. The van der Waals surface area contributed by atoms with E-state index in [9.17, 15) is 0 Å². The fraction of sp³-hybridized carbons (Fsp3) is 0.0526. The molecule has 4 aromatic rings. The van der Waals surface area contributed by atoms with E-state index in [1.165, 1.54) is 0 Å². The lowest BCUT2D eigenvalue weighted by molar-refractivity contribution is 0.967. The maximum Gasteiger partial charge on any atom is 0.250 e. The van der Waals surface area contributed by atoms with Gasteiger partial charge in [-0.1, -0.05) is 97.7 Å². The van der Waals surface area contributed by atoms with Gasteiger partial charge in [-0.05, 0) is 35.9 Å². The van der Waals surface area contributed by atoms with Crippen LogP contribution in [0.4, 0.5) is 5.82 Å². The number of fused-ring (bicyclic) bond motifs is 1. The van der Waals surface area contributed by atoms with Gasteiger partial charge in [0.15, 0.2) is 17.3 Å². The molecule has 0 amide bonds. The Bertz CT molecular complexity index is 1300. The van der Waals surface area contributed by atoms with Crippen molar-refractivity contribution < 1.29 is 0 Å². The Hall–Kier alpha value is -0.960. The molecule has 0 saturated heterocycles. The summed E-state index contributed by atoms with van der Waals surface area (Å²) in [6, 6.07) is 12.5. The molecule has 12 heteroatoms. The highest BCUT2D eigenvalue weighted by Gasteiger charge is 2.31. The van der Waals surface area contributed by atoms with Crippen LogP contribution in [-0.4, -0.2) is 14.5 Å². The first-order chi connectivity index (χ1) is 14.6. The van der Waals surface area contributed by atoms with E-state index in [0.717, 1.165) is 10.0 Å². The highest BCUT2D eigenvalue weighted by molar-refractivity contribution is 9.10. The summed E-state index contributed by atoms with van der Waals surface area (Å²) >= 11 is 41.1. The molecule has 2 aromatic heterocycles. The molecular weight excluding hydrogens is 591 g/mol. The van der Waals surface area contributed by atoms with Gasteiger partial charge < -0.3 is 5.43 Å². The Morgan fingerprint density at radius 2 is 1.65 bits per heavy atom. The van der Waals surface area contributed by atoms with Crippen molar-refractivity contribution in [2.75, 3.05) is 5.43 Å². The zero-order valence-corrected chi connectivity index (χ0v) is 21.2. The predicted octanol–water partition coefficient (Wildman–Crippen LogP) is 7.92. The lowest BCUT2D eigenvalue weighted by Gasteiger charge is -2.13. The van der Waals surface area contributed by atoms with Crippen molar-refractivity contribution >= 4 is 102 Å². The molecule has 0 spiro atoms. The average molecular weight is 601 g/mol. The maximum atomic E-state index is 6.89. The molecule has 0 fully saturated rings. The fourth-order valence-electron chi connectivity index (χ4n) is 3.14. The Labute approximate surface area is 215 Å². The molecular formula is C19H10BrCl6N5. The van der Waals surface area contributed by atoms with Gasteiger partial charge in [-0.2, -0.15) is 0 Å². The second kappa shape index (κ2) is 8.76. The molecule has 0 unspecified atom stereocenters. The monoisotopic (exact) mass is 597 g/mol. The molecule has 3 N–H and O–H groups in total. The number of benzene rings is 2. The molecule has 4 rings (SSSR count). The molecule has 0 aliphatic carbocycles. The van der Waals surface area contributed by atoms with Crippen LogP contribution in [0.15, 0.2) is 46.9 Å². The number of alkyl halides is 3. The van der Waals surface area contributed by atoms with Crippen LogP contribution in [0.25, 0.3) is 27.8 Å². The van der Waals surface area contributed by atoms with E-state index < -0.39 is 3.79 Å². The Kier molecular flexibility index (Phi) is 6.56. The molecule has 0 radical (unpaired) electrons. The number of rotatable bonds is 3. The summed E-state index contributed by atoms with van der Waals surface area (Å²) in [7, 11) is 0. The van der Waals surface area contributed by atoms with Gasteiger partial charge >= 0.3 is 0 Å². The van der Waals surface area contributed by atoms with E-state index in [1.807, 2.05) is 24.3 Å². The van der Waals surface area contributed by atoms with Crippen LogP contribution in [0.2, 0.25) is 15.2 Å². The highest BCUT2D eigenvalue weighted by Crippen LogP contribution is 2.45. The summed E-state index contributed by atoms with van der Waals surface area (Å²) in [5.41, 5.74) is 4.85. The first-order valence-electron chi connectivity index (χ1n) is 8.49. The molecule has 5 nitrogen and oxygen atoms in total. The lowest BCUT2D eigenvalue weighted by atomic mass is 10.1. The van der Waals surface area contributed by atoms with E-state index in [-0.39, 0.29) is 11.6 Å². The molecule has 0 bridgehead atoms. The zero-order valence-electron chi connectivity index (χ0n) is 15.1. The second-order valence-electron chi connectivity index (χ2n) is 6.34. The smallest absolute Gasteiger partial charge is 0.250 e. The van der Waals surface area contributed by atoms with E-state index in [1.54, 1.807) is 22.8 Å². The van der Waals surface area contributed by atoms with E-state index in [0.29, 0.717) is 37.5 Å². The first kappa shape index (κ1) is 23.2. The van der Waals surface area contributed by atoms with Gasteiger partial charge in [0.25, 0.3) is 0 Å². The molecule has 0 aliphatic rings. The van der Waals surface area contributed by atoms with E-state index >= 15 is 0 Å². The minimum atomic E-state index is -1.90. The third-order valence-corrected chi connectivity index (χ3v) is 6.36. The Morgan fingerprint density at radius 1 is 0.968 bits per heavy atom. The molecule has 0 atom stereocenters. The maximum absolute atomic E-state index is 6.89. The van der Waals surface area contributed by atoms with Crippen molar-refractivity contribution in [3.8, 4) is 16.8 Å². The number of nitrogen functional groups attached to an aromatic ring is 1. The summed E-state index contributed by atoms with van der Waals surface area (Å²) in [4.78, 5) is 8.80. The zero-order chi connectivity index (χ0) is 22.5. The number of nitrogens with zero attached hydrogens (tertiary/aromatic N) is 3. The quantitative estimate of drug-likeness (QED) is 0.142. The van der Waals surface area contributed by atoms with Crippen molar-refractivity contribution in [2.24, 2.45) is 5.84 Å². The van der Waals surface area contributed by atoms with Crippen LogP contribution < -0.4 is 11.3 Å². The van der Waals surface area contributed by atoms with Crippen molar-refractivity contribution in [2.45, 2.75) is 3.79 Å². The SMILES string of the molecule is NNc1nc(C(Cl)(Cl)Cl)nc2c1c(-c1ccc(Br)cc1)c(Cl)n2-c1ccc(Cl)cc1Cl. The fourth-order valence-corrected chi connectivity index (χ4v) is 4.53. The van der Waals surface area contributed by atoms with E-state index in [2.05, 4.69) is 31.3 Å². The summed E-state index contributed by atoms with van der Waals surface area (Å²) in [5, 5.41) is 1.66. The van der Waals surface area contributed by atoms with Crippen molar-refractivity contribution in [3.05, 3.63) is 68.0 Å². The molecule has 2 aromatic carbocycles. The normalized spacial score (nSPS) is 11.9. The van der Waals surface area contributed by atoms with Gasteiger partial charge in [-0.3, -0.25) is 4.57 Å².